The van der Waals surface area contributed by atoms with Gasteiger partial charge in [-0.2, -0.15) is 5.10 Å². The first-order valence-electron chi connectivity index (χ1n) is 11.8. The maximum atomic E-state index is 13.6. The SMILES string of the molecule is COc1cccc(-c2sc(N)nc2C(=O)N(CCNC(=O)c2nn(C)c3ccccc23)CC2CC2)c1. The number of nitrogens with zero attached hydrogens (tertiary/aromatic N) is 4. The van der Waals surface area contributed by atoms with Crippen LogP contribution in [-0.4, -0.2) is 58.2 Å². The van der Waals surface area contributed by atoms with E-state index in [1.54, 1.807) is 16.7 Å². The third-order valence-electron chi connectivity index (χ3n) is 6.28. The smallest absolute Gasteiger partial charge is 0.274 e. The predicted octanol–water partition coefficient (Wildman–Crippen LogP) is 3.57. The van der Waals surface area contributed by atoms with E-state index in [2.05, 4.69) is 15.4 Å². The predicted molar refractivity (Wildman–Crippen MR) is 140 cm³/mol. The number of rotatable bonds is 9. The zero-order valence-electron chi connectivity index (χ0n) is 20.2. The van der Waals surface area contributed by atoms with Crippen molar-refractivity contribution in [1.82, 2.24) is 25.0 Å². The molecular weight excluding hydrogens is 476 g/mol. The molecule has 0 spiro atoms. The molecule has 1 aliphatic rings. The van der Waals surface area contributed by atoms with Crippen LogP contribution < -0.4 is 15.8 Å². The highest BCUT2D eigenvalue weighted by Crippen LogP contribution is 2.35. The number of para-hydroxylation sites is 1. The fourth-order valence-electron chi connectivity index (χ4n) is 4.25. The molecule has 2 aromatic heterocycles. The van der Waals surface area contributed by atoms with Gasteiger partial charge in [-0.15, -0.1) is 0 Å². The summed E-state index contributed by atoms with van der Waals surface area (Å²) in [6.07, 6.45) is 2.19. The number of fused-ring (bicyclic) bond motifs is 1. The Bertz CT molecular complexity index is 1420. The number of nitrogens with one attached hydrogen (secondary N) is 1. The molecule has 10 heteroatoms. The van der Waals surface area contributed by atoms with Crippen molar-refractivity contribution in [3.8, 4) is 16.2 Å². The van der Waals surface area contributed by atoms with Gasteiger partial charge in [0, 0.05) is 32.1 Å². The standard InChI is InChI=1S/C26H28N6O3S/c1-31-20-9-4-3-8-19(20)21(30-31)24(33)28-12-13-32(15-16-10-11-16)25(34)22-23(36-26(27)29-22)17-6-5-7-18(14-17)35-2/h3-9,14,16H,10-13,15H2,1-2H3,(H2,27,29)(H,28,33). The van der Waals surface area contributed by atoms with Crippen LogP contribution in [0.4, 0.5) is 5.13 Å². The molecule has 9 nitrogen and oxygen atoms in total. The van der Waals surface area contributed by atoms with Gasteiger partial charge >= 0.3 is 0 Å². The normalized spacial score (nSPS) is 13.1. The van der Waals surface area contributed by atoms with Gasteiger partial charge in [-0.1, -0.05) is 41.7 Å². The van der Waals surface area contributed by atoms with Crippen molar-refractivity contribution >= 4 is 39.2 Å². The van der Waals surface area contributed by atoms with Crippen LogP contribution in [0.5, 0.6) is 5.75 Å². The summed E-state index contributed by atoms with van der Waals surface area (Å²) in [5.41, 5.74) is 8.45. The van der Waals surface area contributed by atoms with E-state index in [9.17, 15) is 9.59 Å². The van der Waals surface area contributed by atoms with Crippen LogP contribution in [0.1, 0.15) is 33.8 Å². The van der Waals surface area contributed by atoms with Crippen LogP contribution >= 0.6 is 11.3 Å². The number of thiazole rings is 1. The van der Waals surface area contributed by atoms with E-state index < -0.39 is 0 Å². The third-order valence-corrected chi connectivity index (χ3v) is 7.21. The molecule has 1 fully saturated rings. The van der Waals surface area contributed by atoms with E-state index in [1.807, 2.05) is 55.6 Å². The molecule has 2 aromatic carbocycles. The molecule has 186 valence electrons. The summed E-state index contributed by atoms with van der Waals surface area (Å²) < 4.78 is 7.04. The number of benzene rings is 2. The van der Waals surface area contributed by atoms with Gasteiger partial charge in [-0.25, -0.2) is 4.98 Å². The van der Waals surface area contributed by atoms with Crippen molar-refractivity contribution < 1.29 is 14.3 Å². The minimum atomic E-state index is -0.263. The largest absolute Gasteiger partial charge is 0.497 e. The average Bonchev–Trinajstić information content (AvgIpc) is 3.54. The van der Waals surface area contributed by atoms with Crippen molar-refractivity contribution in [3.63, 3.8) is 0 Å². The average molecular weight is 505 g/mol. The molecule has 0 bridgehead atoms. The van der Waals surface area contributed by atoms with Gasteiger partial charge in [0.15, 0.2) is 10.8 Å². The van der Waals surface area contributed by atoms with Crippen LogP contribution in [0.25, 0.3) is 21.3 Å². The summed E-state index contributed by atoms with van der Waals surface area (Å²) in [5.74, 6) is 0.712. The van der Waals surface area contributed by atoms with E-state index in [4.69, 9.17) is 10.5 Å². The van der Waals surface area contributed by atoms with E-state index in [0.29, 0.717) is 52.7 Å². The lowest BCUT2D eigenvalue weighted by atomic mass is 10.1. The molecule has 2 heterocycles. The van der Waals surface area contributed by atoms with Crippen LogP contribution in [0, 0.1) is 5.92 Å². The molecule has 0 radical (unpaired) electrons. The van der Waals surface area contributed by atoms with Gasteiger partial charge in [0.2, 0.25) is 0 Å². The van der Waals surface area contributed by atoms with Gasteiger partial charge < -0.3 is 20.7 Å². The summed E-state index contributed by atoms with van der Waals surface area (Å²) in [5, 5.41) is 8.44. The Labute approximate surface area is 212 Å². The molecule has 1 saturated carbocycles. The second kappa shape index (κ2) is 9.98. The fraction of sp³-hybridized carbons (Fsp3) is 0.308. The number of hydrogen-bond donors (Lipinski definition) is 2. The van der Waals surface area contributed by atoms with Crippen molar-refractivity contribution in [2.24, 2.45) is 13.0 Å². The molecule has 36 heavy (non-hydrogen) atoms. The third kappa shape index (κ3) is 4.90. The van der Waals surface area contributed by atoms with Crippen molar-refractivity contribution in [1.29, 1.82) is 0 Å². The van der Waals surface area contributed by atoms with Crippen molar-refractivity contribution in [2.45, 2.75) is 12.8 Å². The lowest BCUT2D eigenvalue weighted by molar-refractivity contribution is 0.0736. The number of amides is 2. The van der Waals surface area contributed by atoms with Gasteiger partial charge in [0.05, 0.1) is 17.5 Å². The van der Waals surface area contributed by atoms with Gasteiger partial charge in [0.25, 0.3) is 11.8 Å². The molecule has 4 aromatic rings. The van der Waals surface area contributed by atoms with Crippen LogP contribution in [0.2, 0.25) is 0 Å². The number of aromatic nitrogens is 3. The van der Waals surface area contributed by atoms with Crippen LogP contribution in [0.3, 0.4) is 0 Å². The molecule has 5 rings (SSSR count). The Morgan fingerprint density at radius 2 is 2.00 bits per heavy atom. The van der Waals surface area contributed by atoms with Crippen molar-refractivity contribution in [2.75, 3.05) is 32.5 Å². The van der Waals surface area contributed by atoms with Gasteiger partial charge in [-0.3, -0.25) is 14.3 Å². The monoisotopic (exact) mass is 504 g/mol. The molecule has 2 amide bonds. The summed E-state index contributed by atoms with van der Waals surface area (Å²) in [4.78, 5) is 33.4. The first kappa shape index (κ1) is 23.8. The van der Waals surface area contributed by atoms with Crippen LogP contribution in [-0.2, 0) is 7.05 Å². The van der Waals surface area contributed by atoms with Crippen molar-refractivity contribution in [3.05, 3.63) is 59.9 Å². The van der Waals surface area contributed by atoms with Gasteiger partial charge in [-0.05, 0) is 42.5 Å². The molecule has 1 aliphatic carbocycles. The Hall–Kier alpha value is -3.92. The number of carbonyl (C=O) groups excluding carboxylic acids is 2. The van der Waals surface area contributed by atoms with E-state index in [-0.39, 0.29) is 11.8 Å². The van der Waals surface area contributed by atoms with E-state index in [0.717, 1.165) is 29.3 Å². The Balaban J connectivity index is 1.32. The number of aryl methyl sites for hydroxylation is 1. The second-order valence-electron chi connectivity index (χ2n) is 8.90. The quantitative estimate of drug-likeness (QED) is 0.360. The first-order valence-corrected chi connectivity index (χ1v) is 12.7. The Kier molecular flexibility index (Phi) is 6.60. The molecular formula is C26H28N6O3S. The minimum Gasteiger partial charge on any atom is -0.497 e. The lowest BCUT2D eigenvalue weighted by Gasteiger charge is -2.22. The molecule has 0 saturated heterocycles. The number of hydrogen-bond acceptors (Lipinski definition) is 7. The highest BCUT2D eigenvalue weighted by Gasteiger charge is 2.30. The maximum Gasteiger partial charge on any atom is 0.274 e. The Morgan fingerprint density at radius 3 is 2.78 bits per heavy atom. The Morgan fingerprint density at radius 1 is 1.19 bits per heavy atom. The number of nitrogen functional groups attached to an aromatic ring is 1. The summed E-state index contributed by atoms with van der Waals surface area (Å²) in [6.45, 7) is 1.29. The minimum absolute atomic E-state index is 0.190. The zero-order valence-corrected chi connectivity index (χ0v) is 21.0. The highest BCUT2D eigenvalue weighted by molar-refractivity contribution is 7.19. The zero-order chi connectivity index (χ0) is 25.2. The highest BCUT2D eigenvalue weighted by atomic mass is 32.1. The fourth-order valence-corrected chi connectivity index (χ4v) is 5.07. The summed E-state index contributed by atoms with van der Waals surface area (Å²) in [7, 11) is 3.42. The van der Waals surface area contributed by atoms with E-state index >= 15 is 0 Å². The van der Waals surface area contributed by atoms with E-state index in [1.165, 1.54) is 11.3 Å². The number of methoxy groups -OCH3 is 1. The number of anilines is 1. The summed E-state index contributed by atoms with van der Waals surface area (Å²) >= 11 is 1.28. The lowest BCUT2D eigenvalue weighted by Crippen LogP contribution is -2.40. The topological polar surface area (TPSA) is 115 Å². The second-order valence-corrected chi connectivity index (χ2v) is 9.93. The number of nitrogens with two attached hydrogens (primary N) is 1. The van der Waals surface area contributed by atoms with Crippen LogP contribution in [0.15, 0.2) is 48.5 Å². The number of carbonyl (C=O) groups is 2. The molecule has 0 aliphatic heterocycles. The van der Waals surface area contributed by atoms with Gasteiger partial charge in [0.1, 0.15) is 11.4 Å². The molecule has 0 unspecified atom stereocenters. The molecule has 3 N–H and O–H groups in total. The molecule has 0 atom stereocenters. The number of ether oxygens (including phenoxy) is 1. The summed E-state index contributed by atoms with van der Waals surface area (Å²) in [6, 6.07) is 15.1. The maximum absolute atomic E-state index is 13.6. The first-order chi connectivity index (χ1) is 17.4.